The number of halogens is 5. The molecule has 0 unspecified atom stereocenters. The van der Waals surface area contributed by atoms with Crippen LogP contribution in [0.3, 0.4) is 0 Å². The van der Waals surface area contributed by atoms with Crippen LogP contribution in [0.25, 0.3) is 0 Å². The van der Waals surface area contributed by atoms with Gasteiger partial charge in [0.25, 0.3) is 5.91 Å². The molecule has 0 aliphatic heterocycles. The molecule has 3 rings (SSSR count). The third kappa shape index (κ3) is 6.11. The molecule has 3 nitrogen and oxygen atoms in total. The predicted molar refractivity (Wildman–Crippen MR) is 118 cm³/mol. The number of nitrogens with one attached hydrogen (secondary N) is 1. The van der Waals surface area contributed by atoms with Gasteiger partial charge in [-0.1, -0.05) is 49.4 Å². The van der Waals surface area contributed by atoms with Crippen LogP contribution in [0.4, 0.5) is 17.6 Å². The molecule has 1 aromatic heterocycles. The summed E-state index contributed by atoms with van der Waals surface area (Å²) in [5.74, 6) is 4.59. The van der Waals surface area contributed by atoms with E-state index in [1.165, 1.54) is 30.5 Å². The highest BCUT2D eigenvalue weighted by atomic mass is 35.5. The number of pyridine rings is 1. The lowest BCUT2D eigenvalue weighted by atomic mass is 9.88. The molecule has 0 radical (unpaired) electrons. The lowest BCUT2D eigenvalue weighted by Gasteiger charge is -2.26. The van der Waals surface area contributed by atoms with Crippen molar-refractivity contribution in [2.45, 2.75) is 25.4 Å². The molecule has 33 heavy (non-hydrogen) atoms. The van der Waals surface area contributed by atoms with Gasteiger partial charge in [0.1, 0.15) is 5.82 Å². The van der Waals surface area contributed by atoms with Crippen molar-refractivity contribution < 1.29 is 22.4 Å². The Morgan fingerprint density at radius 2 is 1.67 bits per heavy atom. The van der Waals surface area contributed by atoms with Gasteiger partial charge in [-0.25, -0.2) is 4.39 Å². The van der Waals surface area contributed by atoms with Gasteiger partial charge in [0.15, 0.2) is 0 Å². The number of carbonyl (C=O) groups is 1. The fourth-order valence-corrected chi connectivity index (χ4v) is 3.51. The van der Waals surface area contributed by atoms with Crippen LogP contribution in [0.2, 0.25) is 5.02 Å². The van der Waals surface area contributed by atoms with Crippen LogP contribution in [0.5, 0.6) is 0 Å². The van der Waals surface area contributed by atoms with Gasteiger partial charge in [0.05, 0.1) is 21.8 Å². The normalized spacial score (nSPS) is 11.5. The fourth-order valence-electron chi connectivity index (χ4n) is 3.09. The second-order valence-corrected chi connectivity index (χ2v) is 8.33. The minimum Gasteiger partial charge on any atom is -0.351 e. The molecule has 0 saturated heterocycles. The van der Waals surface area contributed by atoms with E-state index >= 15 is 0 Å². The van der Waals surface area contributed by atoms with Crippen LogP contribution in [-0.4, -0.2) is 17.4 Å². The number of hydrogen-bond acceptors (Lipinski definition) is 2. The molecule has 0 fully saturated rings. The number of rotatable bonds is 4. The minimum atomic E-state index is -4.64. The summed E-state index contributed by atoms with van der Waals surface area (Å²) < 4.78 is 52.6. The van der Waals surface area contributed by atoms with Crippen molar-refractivity contribution in [2.75, 3.05) is 6.54 Å². The number of aromatic nitrogens is 1. The van der Waals surface area contributed by atoms with Crippen molar-refractivity contribution in [2.24, 2.45) is 0 Å². The van der Waals surface area contributed by atoms with Crippen molar-refractivity contribution in [3.63, 3.8) is 0 Å². The van der Waals surface area contributed by atoms with Gasteiger partial charge in [-0.05, 0) is 42.5 Å². The van der Waals surface area contributed by atoms with Crippen LogP contribution in [0.1, 0.15) is 46.6 Å². The van der Waals surface area contributed by atoms with Crippen LogP contribution < -0.4 is 5.32 Å². The molecule has 0 atom stereocenters. The number of amides is 1. The largest absolute Gasteiger partial charge is 0.417 e. The fraction of sp³-hybridized carbons (Fsp3) is 0.200. The number of benzene rings is 2. The molecule has 0 aliphatic carbocycles. The zero-order valence-electron chi connectivity index (χ0n) is 17.7. The molecule has 170 valence electrons. The Balaban J connectivity index is 1.74. The van der Waals surface area contributed by atoms with Gasteiger partial charge in [-0.3, -0.25) is 9.78 Å². The first-order chi connectivity index (χ1) is 15.5. The van der Waals surface area contributed by atoms with Gasteiger partial charge >= 0.3 is 6.18 Å². The highest BCUT2D eigenvalue weighted by Gasteiger charge is 2.35. The summed E-state index contributed by atoms with van der Waals surface area (Å²) in [5.41, 5.74) is -0.610. The molecular weight excluding hydrogens is 456 g/mol. The molecule has 0 saturated carbocycles. The Hall–Kier alpha value is -3.37. The van der Waals surface area contributed by atoms with Gasteiger partial charge < -0.3 is 5.32 Å². The summed E-state index contributed by atoms with van der Waals surface area (Å²) in [6.07, 6.45) is -3.13. The van der Waals surface area contributed by atoms with E-state index in [-0.39, 0.29) is 12.4 Å². The third-order valence-electron chi connectivity index (χ3n) is 4.85. The van der Waals surface area contributed by atoms with E-state index in [1.54, 1.807) is 32.0 Å². The third-order valence-corrected chi connectivity index (χ3v) is 5.13. The molecule has 0 aliphatic rings. The second-order valence-electron chi connectivity index (χ2n) is 7.92. The van der Waals surface area contributed by atoms with Crippen molar-refractivity contribution in [3.05, 3.63) is 99.6 Å². The molecule has 1 N–H and O–H groups in total. The Morgan fingerprint density at radius 1 is 1.03 bits per heavy atom. The summed E-state index contributed by atoms with van der Waals surface area (Å²) in [6, 6.07) is 11.9. The predicted octanol–water partition coefficient (Wildman–Crippen LogP) is 6.00. The summed E-state index contributed by atoms with van der Waals surface area (Å²) in [5, 5.41) is 2.85. The lowest BCUT2D eigenvalue weighted by molar-refractivity contribution is -0.137. The van der Waals surface area contributed by atoms with E-state index in [9.17, 15) is 22.4 Å². The van der Waals surface area contributed by atoms with E-state index in [4.69, 9.17) is 11.6 Å². The molecule has 2 aromatic carbocycles. The number of nitrogens with zero attached hydrogens (tertiary/aromatic N) is 1. The molecular formula is C25H19ClF4N2O. The molecule has 1 amide bonds. The number of alkyl halides is 3. The standard InChI is InChI=1S/C25H19ClF4N2O/c1-24(2,15-32-23(33)19-5-3-4-6-20(19)25(28,29)30)22-21(26)13-17(14-31-22)8-7-16-9-11-18(27)12-10-16/h3-6,9-14H,15H2,1-2H3,(H,32,33). The van der Waals surface area contributed by atoms with Crippen LogP contribution in [0, 0.1) is 17.7 Å². The van der Waals surface area contributed by atoms with Gasteiger partial charge in [-0.2, -0.15) is 13.2 Å². The average molecular weight is 475 g/mol. The first kappa shape index (κ1) is 24.3. The van der Waals surface area contributed by atoms with Crippen molar-refractivity contribution in [1.29, 1.82) is 0 Å². The van der Waals surface area contributed by atoms with E-state index in [0.717, 1.165) is 12.1 Å². The summed E-state index contributed by atoms with van der Waals surface area (Å²) in [7, 11) is 0. The van der Waals surface area contributed by atoms with Gasteiger partial charge in [0.2, 0.25) is 0 Å². The summed E-state index contributed by atoms with van der Waals surface area (Å²) in [6.45, 7) is 3.54. The van der Waals surface area contributed by atoms with Crippen molar-refractivity contribution >= 4 is 17.5 Å². The van der Waals surface area contributed by atoms with E-state index in [0.29, 0.717) is 21.8 Å². The van der Waals surface area contributed by atoms with E-state index < -0.39 is 28.6 Å². The second kappa shape index (κ2) is 9.63. The Labute approximate surface area is 193 Å². The van der Waals surface area contributed by atoms with Crippen LogP contribution in [-0.2, 0) is 11.6 Å². The SMILES string of the molecule is CC(C)(CNC(=O)c1ccccc1C(F)(F)F)c1ncc(C#Cc2ccc(F)cc2)cc1Cl. The number of carbonyl (C=O) groups excluding carboxylic acids is 1. The van der Waals surface area contributed by atoms with E-state index in [1.807, 2.05) is 0 Å². The van der Waals surface area contributed by atoms with Crippen LogP contribution >= 0.6 is 11.6 Å². The van der Waals surface area contributed by atoms with Crippen LogP contribution in [0.15, 0.2) is 60.8 Å². The molecule has 0 spiro atoms. The Bertz CT molecular complexity index is 1230. The monoisotopic (exact) mass is 474 g/mol. The summed E-state index contributed by atoms with van der Waals surface area (Å²) in [4.78, 5) is 16.8. The van der Waals surface area contributed by atoms with Gasteiger partial charge in [0, 0.05) is 29.3 Å². The molecule has 3 aromatic rings. The maximum Gasteiger partial charge on any atom is 0.417 e. The van der Waals surface area contributed by atoms with Crippen molar-refractivity contribution in [1.82, 2.24) is 10.3 Å². The average Bonchev–Trinajstić information content (AvgIpc) is 2.76. The van der Waals surface area contributed by atoms with Crippen molar-refractivity contribution in [3.8, 4) is 11.8 Å². The zero-order chi connectivity index (χ0) is 24.2. The maximum atomic E-state index is 13.2. The smallest absolute Gasteiger partial charge is 0.351 e. The maximum absolute atomic E-state index is 13.2. The van der Waals surface area contributed by atoms with Gasteiger partial charge in [-0.15, -0.1) is 0 Å². The highest BCUT2D eigenvalue weighted by molar-refractivity contribution is 6.31. The highest BCUT2D eigenvalue weighted by Crippen LogP contribution is 2.32. The Morgan fingerprint density at radius 3 is 2.30 bits per heavy atom. The zero-order valence-corrected chi connectivity index (χ0v) is 18.5. The molecule has 1 heterocycles. The quantitative estimate of drug-likeness (QED) is 0.372. The molecule has 0 bridgehead atoms. The first-order valence-electron chi connectivity index (χ1n) is 9.85. The minimum absolute atomic E-state index is 0.00531. The summed E-state index contributed by atoms with van der Waals surface area (Å²) >= 11 is 6.39. The number of hydrogen-bond donors (Lipinski definition) is 1. The Kier molecular flexibility index (Phi) is 7.09. The molecule has 8 heteroatoms. The van der Waals surface area contributed by atoms with E-state index in [2.05, 4.69) is 22.1 Å². The lowest BCUT2D eigenvalue weighted by Crippen LogP contribution is -2.38. The topological polar surface area (TPSA) is 42.0 Å². The first-order valence-corrected chi connectivity index (χ1v) is 10.2.